The van der Waals surface area contributed by atoms with Gasteiger partial charge in [0.25, 0.3) is 0 Å². The molecule has 12 aromatic carbocycles. The summed E-state index contributed by atoms with van der Waals surface area (Å²) in [4.78, 5) is 4.45. The molecule has 3 atom stereocenters. The number of alkyl halides is 3. The van der Waals surface area contributed by atoms with E-state index >= 15 is 0 Å². The van der Waals surface area contributed by atoms with Crippen molar-refractivity contribution in [1.29, 1.82) is 0 Å². The van der Waals surface area contributed by atoms with Crippen LogP contribution in [0.1, 0.15) is 44.9 Å². The number of hydrogen-bond donors (Lipinski definition) is 0. The van der Waals surface area contributed by atoms with Gasteiger partial charge in [-0.3, -0.25) is 0 Å². The van der Waals surface area contributed by atoms with Gasteiger partial charge < -0.3 is 19.0 Å². The standard InChI is InChI=1S/C75H47F3N2O2/c1-44-28-32-46(33-29-44)79(68-24-12-21-59-57-19-7-10-26-70(57)81-72(59)68)48-36-38-55-56-39-37-49(80(47-34-30-45(31-35-47)75(76,77)78)69-25-13-22-60-58-20-8-11-27-71(58)82-73(60)69)41-66(56)74(65(55)40-48)64-23-9-6-18-54(64)63-42-61-52-16-4-2-14-50(52)51-15-3-5-17-53(51)62(61)43-67(63)74/h2-43,60,73H,1H3. The second kappa shape index (κ2) is 17.2. The lowest BCUT2D eigenvalue weighted by Crippen LogP contribution is -2.33. The normalized spacial score (nSPS) is 17.2. The molecule has 1 aromatic heterocycles. The third-order valence-electron chi connectivity index (χ3n) is 17.9. The quantitative estimate of drug-likeness (QED) is 0.155. The largest absolute Gasteiger partial charge is 0.483 e. The van der Waals surface area contributed by atoms with E-state index < -0.39 is 23.3 Å². The minimum Gasteiger partial charge on any atom is -0.483 e. The number of hydrogen-bond acceptors (Lipinski definition) is 4. The molecule has 0 fully saturated rings. The molecular formula is C75H47F3N2O2. The van der Waals surface area contributed by atoms with Gasteiger partial charge in [-0.15, -0.1) is 0 Å². The van der Waals surface area contributed by atoms with Gasteiger partial charge in [-0.1, -0.05) is 163 Å². The van der Waals surface area contributed by atoms with Crippen molar-refractivity contribution in [3.63, 3.8) is 0 Å². The highest BCUT2D eigenvalue weighted by Crippen LogP contribution is 2.65. The summed E-state index contributed by atoms with van der Waals surface area (Å²) in [7, 11) is 0. The first kappa shape index (κ1) is 46.8. The molecule has 82 heavy (non-hydrogen) atoms. The summed E-state index contributed by atoms with van der Waals surface area (Å²) in [6.45, 7) is 2.11. The van der Waals surface area contributed by atoms with Crippen molar-refractivity contribution < 1.29 is 22.3 Å². The van der Waals surface area contributed by atoms with E-state index in [1.165, 1.54) is 39.1 Å². The van der Waals surface area contributed by atoms with Crippen LogP contribution in [0.15, 0.2) is 265 Å². The van der Waals surface area contributed by atoms with Crippen LogP contribution in [0, 0.1) is 6.92 Å². The molecule has 0 saturated carbocycles. The summed E-state index contributed by atoms with van der Waals surface area (Å²) in [6, 6.07) is 81.8. The summed E-state index contributed by atoms with van der Waals surface area (Å²) in [5.41, 5.74) is 16.3. The van der Waals surface area contributed by atoms with Crippen molar-refractivity contribution in [2.75, 3.05) is 9.80 Å². The van der Waals surface area contributed by atoms with Crippen molar-refractivity contribution >= 4 is 82.7 Å². The Balaban J connectivity index is 0.958. The number of ether oxygens (including phenoxy) is 1. The molecule has 17 rings (SSSR count). The van der Waals surface area contributed by atoms with Gasteiger partial charge in [-0.25, -0.2) is 0 Å². The fourth-order valence-electron chi connectivity index (χ4n) is 14.4. The molecule has 4 nitrogen and oxygen atoms in total. The van der Waals surface area contributed by atoms with Crippen LogP contribution in [-0.4, -0.2) is 6.10 Å². The average molecular weight is 1070 g/mol. The van der Waals surface area contributed by atoms with E-state index in [1.54, 1.807) is 12.1 Å². The molecule has 0 N–H and O–H groups in total. The Morgan fingerprint density at radius 2 is 0.988 bits per heavy atom. The second-order valence-electron chi connectivity index (χ2n) is 22.2. The molecule has 2 heterocycles. The molecule has 0 bridgehead atoms. The SMILES string of the molecule is Cc1ccc(N(c2ccc3c(c2)C2(c4ccccc4-c4cc5c6ccccc6c6ccccc6c5cc42)c2cc(N(C4=CC=CC5c6ccccc6OC45)c4ccc(C(F)(F)F)cc4)ccc2-3)c2cccc3c2oc2ccccc23)cc1. The number of allylic oxidation sites excluding steroid dienone is 2. The van der Waals surface area contributed by atoms with Crippen LogP contribution in [0.4, 0.5) is 41.6 Å². The summed E-state index contributed by atoms with van der Waals surface area (Å²) in [5, 5.41) is 9.20. The van der Waals surface area contributed by atoms with Crippen LogP contribution in [0.2, 0.25) is 0 Å². The molecule has 3 aliphatic carbocycles. The highest BCUT2D eigenvalue weighted by atomic mass is 19.4. The Labute approximate surface area is 470 Å². The van der Waals surface area contributed by atoms with Gasteiger partial charge in [0, 0.05) is 45.0 Å². The van der Waals surface area contributed by atoms with Crippen LogP contribution in [0.5, 0.6) is 5.75 Å². The van der Waals surface area contributed by atoms with E-state index in [0.29, 0.717) is 5.69 Å². The lowest BCUT2D eigenvalue weighted by molar-refractivity contribution is -0.137. The third kappa shape index (κ3) is 6.56. The predicted octanol–water partition coefficient (Wildman–Crippen LogP) is 20.3. The molecular weight excluding hydrogens is 1020 g/mol. The first-order chi connectivity index (χ1) is 40.2. The van der Waals surface area contributed by atoms with Crippen LogP contribution >= 0.6 is 0 Å². The zero-order chi connectivity index (χ0) is 54.6. The smallest absolute Gasteiger partial charge is 0.416 e. The van der Waals surface area contributed by atoms with Crippen LogP contribution in [0.25, 0.3) is 76.5 Å². The molecule has 7 heteroatoms. The van der Waals surface area contributed by atoms with Gasteiger partial charge in [0.2, 0.25) is 0 Å². The molecule has 0 amide bonds. The maximum absolute atomic E-state index is 14.4. The average Bonchev–Trinajstić information content (AvgIpc) is 1.70. The minimum atomic E-state index is -4.51. The number of rotatable bonds is 6. The second-order valence-corrected chi connectivity index (χ2v) is 22.2. The maximum atomic E-state index is 14.4. The molecule has 0 saturated heterocycles. The molecule has 390 valence electrons. The van der Waals surface area contributed by atoms with E-state index in [0.717, 1.165) is 117 Å². The zero-order valence-corrected chi connectivity index (χ0v) is 44.2. The monoisotopic (exact) mass is 1060 g/mol. The first-order valence-corrected chi connectivity index (χ1v) is 27.9. The minimum absolute atomic E-state index is 0.105. The number of para-hydroxylation sites is 3. The Bertz CT molecular complexity index is 4940. The highest BCUT2D eigenvalue weighted by molar-refractivity contribution is 6.26. The highest BCUT2D eigenvalue weighted by Gasteiger charge is 2.53. The van der Waals surface area contributed by atoms with E-state index in [9.17, 15) is 13.2 Å². The van der Waals surface area contributed by atoms with Gasteiger partial charge >= 0.3 is 6.18 Å². The molecule has 3 unspecified atom stereocenters. The first-order valence-electron chi connectivity index (χ1n) is 27.9. The van der Waals surface area contributed by atoms with Crippen molar-refractivity contribution in [2.24, 2.45) is 0 Å². The molecule has 13 aromatic rings. The fraction of sp³-hybridized carbons (Fsp3) is 0.0667. The van der Waals surface area contributed by atoms with Gasteiger partial charge in [-0.05, 0) is 181 Å². The summed E-state index contributed by atoms with van der Waals surface area (Å²) in [5.74, 6) is 0.690. The summed E-state index contributed by atoms with van der Waals surface area (Å²) < 4.78 is 57.0. The molecule has 1 aliphatic heterocycles. The van der Waals surface area contributed by atoms with E-state index in [2.05, 4.69) is 217 Å². The van der Waals surface area contributed by atoms with Crippen molar-refractivity contribution in [1.82, 2.24) is 0 Å². The van der Waals surface area contributed by atoms with Crippen molar-refractivity contribution in [3.8, 4) is 28.0 Å². The van der Waals surface area contributed by atoms with Crippen molar-refractivity contribution in [2.45, 2.75) is 30.5 Å². The topological polar surface area (TPSA) is 28.9 Å². The summed E-state index contributed by atoms with van der Waals surface area (Å²) >= 11 is 0. The third-order valence-corrected chi connectivity index (χ3v) is 17.9. The lowest BCUT2D eigenvalue weighted by atomic mass is 9.70. The number of halogens is 3. The molecule has 0 radical (unpaired) electrons. The Morgan fingerprint density at radius 1 is 0.439 bits per heavy atom. The van der Waals surface area contributed by atoms with Gasteiger partial charge in [0.05, 0.1) is 22.4 Å². The zero-order valence-electron chi connectivity index (χ0n) is 44.2. The Morgan fingerprint density at radius 3 is 1.71 bits per heavy atom. The van der Waals surface area contributed by atoms with Crippen LogP contribution < -0.4 is 14.5 Å². The number of furan rings is 1. The van der Waals surface area contributed by atoms with Gasteiger partial charge in [0.1, 0.15) is 17.4 Å². The fourth-order valence-corrected chi connectivity index (χ4v) is 14.4. The maximum Gasteiger partial charge on any atom is 0.416 e. The van der Waals surface area contributed by atoms with Crippen LogP contribution in [0.3, 0.4) is 0 Å². The van der Waals surface area contributed by atoms with E-state index in [4.69, 9.17) is 9.15 Å². The number of fused-ring (bicyclic) bond motifs is 22. The number of aryl methyl sites for hydroxylation is 1. The Hall–Kier alpha value is -10.1. The summed E-state index contributed by atoms with van der Waals surface area (Å²) in [6.07, 6.45) is 1.31. The van der Waals surface area contributed by atoms with Gasteiger partial charge in [0.15, 0.2) is 5.58 Å². The molecule has 1 spiro atoms. The Kier molecular flexibility index (Phi) is 9.81. The predicted molar refractivity (Wildman–Crippen MR) is 326 cm³/mol. The van der Waals surface area contributed by atoms with Crippen molar-refractivity contribution in [3.05, 3.63) is 299 Å². The number of benzene rings is 12. The number of anilines is 5. The lowest BCUT2D eigenvalue weighted by Gasteiger charge is -2.36. The number of nitrogens with zero attached hydrogens (tertiary/aromatic N) is 2. The van der Waals surface area contributed by atoms with E-state index in [-0.39, 0.29) is 5.92 Å². The van der Waals surface area contributed by atoms with Crippen LogP contribution in [-0.2, 0) is 11.6 Å². The van der Waals surface area contributed by atoms with E-state index in [1.807, 2.05) is 30.3 Å². The molecule has 4 aliphatic rings. The van der Waals surface area contributed by atoms with Gasteiger partial charge in [-0.2, -0.15) is 13.2 Å².